The maximum absolute atomic E-state index is 15.0. The maximum Gasteiger partial charge on any atom is 0.260 e. The van der Waals surface area contributed by atoms with Gasteiger partial charge in [0.2, 0.25) is 11.8 Å². The van der Waals surface area contributed by atoms with Crippen molar-refractivity contribution in [2.45, 2.75) is 19.0 Å². The van der Waals surface area contributed by atoms with Gasteiger partial charge < -0.3 is 20.4 Å². The van der Waals surface area contributed by atoms with E-state index in [-0.39, 0.29) is 50.0 Å². The summed E-state index contributed by atoms with van der Waals surface area (Å²) in [5.74, 6) is -1.56. The summed E-state index contributed by atoms with van der Waals surface area (Å²) in [5, 5.41) is 2.59. The Balaban J connectivity index is 1.73. The summed E-state index contributed by atoms with van der Waals surface area (Å²) in [4.78, 5) is 30.5. The van der Waals surface area contributed by atoms with Crippen LogP contribution in [0.25, 0.3) is 11.4 Å². The highest BCUT2D eigenvalue weighted by Gasteiger charge is 2.39. The molecule has 0 spiro atoms. The molecule has 0 aliphatic carbocycles. The molecule has 3 heterocycles. The number of nitrogens with zero attached hydrogens (tertiary/aromatic N) is 4. The molecule has 166 valence electrons. The van der Waals surface area contributed by atoms with Gasteiger partial charge in [0.1, 0.15) is 18.5 Å². The van der Waals surface area contributed by atoms with Gasteiger partial charge in [-0.15, -0.1) is 0 Å². The van der Waals surface area contributed by atoms with Gasteiger partial charge in [0.05, 0.1) is 30.9 Å². The number of likely N-dealkylation sites (N-methyl/N-ethyl adjacent to an activating group) is 1. The molecule has 1 aromatic heterocycles. The zero-order valence-corrected chi connectivity index (χ0v) is 16.6. The number of piperazine rings is 1. The zero-order chi connectivity index (χ0) is 22.3. The quantitative estimate of drug-likeness (QED) is 0.719. The van der Waals surface area contributed by atoms with E-state index in [0.29, 0.717) is 11.4 Å². The number of alkyl halides is 2. The summed E-state index contributed by atoms with van der Waals surface area (Å²) < 4.78 is 49.5. The number of aromatic nitrogens is 2. The van der Waals surface area contributed by atoms with Gasteiger partial charge in [0.25, 0.3) is 6.43 Å². The number of carbonyl (C=O) groups excluding carboxylic acids is 2. The van der Waals surface area contributed by atoms with Crippen LogP contribution in [0.5, 0.6) is 5.75 Å². The number of anilines is 2. The second-order valence-electron chi connectivity index (χ2n) is 7.45. The van der Waals surface area contributed by atoms with Gasteiger partial charge in [-0.2, -0.15) is 0 Å². The first-order valence-electron chi connectivity index (χ1n) is 9.60. The largest absolute Gasteiger partial charge is 0.488 e. The Bertz CT molecular complexity index is 1030. The molecule has 2 amide bonds. The van der Waals surface area contributed by atoms with Crippen LogP contribution in [0.1, 0.15) is 0 Å². The number of fused-ring (bicyclic) bond motifs is 3. The lowest BCUT2D eigenvalue weighted by Gasteiger charge is -2.37. The number of carbonyl (C=O) groups is 2. The van der Waals surface area contributed by atoms with E-state index in [9.17, 15) is 22.8 Å². The van der Waals surface area contributed by atoms with Crippen molar-refractivity contribution in [1.82, 2.24) is 14.5 Å². The molecular weight excluding hydrogens is 417 g/mol. The summed E-state index contributed by atoms with van der Waals surface area (Å²) in [5.41, 5.74) is 5.42. The lowest BCUT2D eigenvalue weighted by molar-refractivity contribution is -0.123. The van der Waals surface area contributed by atoms with E-state index >= 15 is 0 Å². The van der Waals surface area contributed by atoms with Gasteiger partial charge in [0.15, 0.2) is 17.4 Å². The molecule has 1 saturated heterocycles. The minimum atomic E-state index is -2.75. The number of nitrogens with one attached hydrogen (secondary N) is 1. The highest BCUT2D eigenvalue weighted by molar-refractivity contribution is 5.95. The monoisotopic (exact) mass is 438 g/mol. The van der Waals surface area contributed by atoms with Crippen LogP contribution in [-0.4, -0.2) is 72.0 Å². The van der Waals surface area contributed by atoms with E-state index in [4.69, 9.17) is 10.5 Å². The molecule has 1 atom stereocenters. The topological polar surface area (TPSA) is 106 Å². The van der Waals surface area contributed by atoms with E-state index in [1.807, 2.05) is 0 Å². The molecule has 1 unspecified atom stereocenters. The number of hydrogen-bond acceptors (Lipinski definition) is 6. The van der Waals surface area contributed by atoms with E-state index < -0.39 is 30.1 Å². The van der Waals surface area contributed by atoms with Crippen LogP contribution in [-0.2, 0) is 16.1 Å². The van der Waals surface area contributed by atoms with Gasteiger partial charge in [-0.3, -0.25) is 19.4 Å². The lowest BCUT2D eigenvalue weighted by Crippen LogP contribution is -2.58. The first kappa shape index (κ1) is 21.0. The van der Waals surface area contributed by atoms with Gasteiger partial charge in [-0.05, 0) is 19.2 Å². The summed E-state index contributed by atoms with van der Waals surface area (Å²) in [6.45, 7) is 0.126. The van der Waals surface area contributed by atoms with E-state index in [1.54, 1.807) is 17.7 Å². The fraction of sp³-hybridized carbons (Fsp3) is 0.421. The molecule has 2 aliphatic rings. The van der Waals surface area contributed by atoms with Crippen LogP contribution in [0.4, 0.5) is 24.7 Å². The number of halogens is 3. The van der Waals surface area contributed by atoms with Gasteiger partial charge in [-0.25, -0.2) is 18.2 Å². The molecule has 0 radical (unpaired) electrons. The highest BCUT2D eigenvalue weighted by atomic mass is 19.3. The molecule has 4 rings (SSSR count). The number of imidazole rings is 1. The molecule has 2 aromatic rings. The standard InChI is InChI=1S/C19H21F3N6O3/c1-26-7-12(18(21)22)28(15(30)9-26)14-8-27-4-5-31-17-10(19(27)25-14)2-3-11(16(17)20)24-6-13(23)29/h2-3,8,12,18,24H,4-7,9H2,1H3,(H2,23,29). The molecular formula is C19H21F3N6O3. The van der Waals surface area contributed by atoms with Crippen LogP contribution in [0.2, 0.25) is 0 Å². The number of amides is 2. The molecule has 3 N–H and O–H groups in total. The third-order valence-electron chi connectivity index (χ3n) is 5.18. The first-order valence-corrected chi connectivity index (χ1v) is 9.60. The van der Waals surface area contributed by atoms with Crippen molar-refractivity contribution >= 4 is 23.3 Å². The summed E-state index contributed by atoms with van der Waals surface area (Å²) in [7, 11) is 1.60. The van der Waals surface area contributed by atoms with Crippen LogP contribution in [0.3, 0.4) is 0 Å². The van der Waals surface area contributed by atoms with Crippen molar-refractivity contribution in [3.05, 3.63) is 24.1 Å². The normalized spacial score (nSPS) is 18.9. The third-order valence-corrected chi connectivity index (χ3v) is 5.18. The Morgan fingerprint density at radius 2 is 2.19 bits per heavy atom. The molecule has 12 heteroatoms. The van der Waals surface area contributed by atoms with E-state index in [2.05, 4.69) is 10.3 Å². The first-order chi connectivity index (χ1) is 14.8. The summed E-state index contributed by atoms with van der Waals surface area (Å²) in [6.07, 6.45) is -1.25. The number of rotatable bonds is 5. The Morgan fingerprint density at radius 1 is 1.42 bits per heavy atom. The van der Waals surface area contributed by atoms with Crippen molar-refractivity contribution in [3.63, 3.8) is 0 Å². The van der Waals surface area contributed by atoms with Crippen LogP contribution in [0.15, 0.2) is 18.3 Å². The summed E-state index contributed by atoms with van der Waals surface area (Å²) >= 11 is 0. The highest BCUT2D eigenvalue weighted by Crippen LogP contribution is 2.39. The van der Waals surface area contributed by atoms with Crippen LogP contribution < -0.4 is 20.7 Å². The number of benzene rings is 1. The summed E-state index contributed by atoms with van der Waals surface area (Å²) in [6, 6.07) is 1.62. The van der Waals surface area contributed by atoms with Crippen molar-refractivity contribution in [2.24, 2.45) is 5.73 Å². The van der Waals surface area contributed by atoms with Gasteiger partial charge in [0, 0.05) is 12.7 Å². The van der Waals surface area contributed by atoms with E-state index in [1.165, 1.54) is 17.2 Å². The maximum atomic E-state index is 15.0. The van der Waals surface area contributed by atoms with E-state index in [0.717, 1.165) is 4.90 Å². The fourth-order valence-corrected chi connectivity index (χ4v) is 3.79. The Morgan fingerprint density at radius 3 is 2.90 bits per heavy atom. The Kier molecular flexibility index (Phi) is 5.48. The molecule has 0 bridgehead atoms. The SMILES string of the molecule is CN1CC(=O)N(c2cn3c(n2)-c2ccc(NCC(N)=O)c(F)c2OCC3)C(C(F)F)C1. The number of nitrogens with two attached hydrogens (primary N) is 1. The second kappa shape index (κ2) is 8.10. The van der Waals surface area contributed by atoms with Crippen molar-refractivity contribution < 1.29 is 27.5 Å². The third kappa shape index (κ3) is 3.90. The zero-order valence-electron chi connectivity index (χ0n) is 16.6. The minimum absolute atomic E-state index is 0.00533. The smallest absolute Gasteiger partial charge is 0.260 e. The predicted molar refractivity (Wildman–Crippen MR) is 106 cm³/mol. The number of ether oxygens (including phenoxy) is 1. The van der Waals surface area contributed by atoms with Crippen molar-refractivity contribution in [3.8, 4) is 17.1 Å². The second-order valence-corrected chi connectivity index (χ2v) is 7.45. The average Bonchev–Trinajstić information content (AvgIpc) is 3.02. The van der Waals surface area contributed by atoms with Crippen LogP contribution in [0, 0.1) is 5.82 Å². The molecule has 0 saturated carbocycles. The molecule has 1 fully saturated rings. The molecule has 9 nitrogen and oxygen atoms in total. The van der Waals surface area contributed by atoms with Crippen molar-refractivity contribution in [2.75, 3.05) is 43.5 Å². The fourth-order valence-electron chi connectivity index (χ4n) is 3.79. The van der Waals surface area contributed by atoms with Gasteiger partial charge >= 0.3 is 0 Å². The van der Waals surface area contributed by atoms with Crippen LogP contribution >= 0.6 is 0 Å². The molecule has 31 heavy (non-hydrogen) atoms. The Hall–Kier alpha value is -3.28. The number of hydrogen-bond donors (Lipinski definition) is 2. The number of primary amides is 1. The van der Waals surface area contributed by atoms with Gasteiger partial charge in [-0.1, -0.05) is 0 Å². The molecule has 1 aromatic carbocycles. The van der Waals surface area contributed by atoms with Crippen molar-refractivity contribution in [1.29, 1.82) is 0 Å². The minimum Gasteiger partial charge on any atom is -0.488 e. The average molecular weight is 438 g/mol. The molecule has 2 aliphatic heterocycles. The lowest BCUT2D eigenvalue weighted by atomic mass is 10.1. The Labute approximate surface area is 175 Å². The predicted octanol–water partition coefficient (Wildman–Crippen LogP) is 0.891.